The second kappa shape index (κ2) is 7.04. The molecular formula is C16H22N6O3. The fourth-order valence-electron chi connectivity index (χ4n) is 2.90. The average molecular weight is 346 g/mol. The molecule has 1 aliphatic heterocycles. The Morgan fingerprint density at radius 2 is 2.12 bits per heavy atom. The van der Waals surface area contributed by atoms with Crippen molar-refractivity contribution in [1.82, 2.24) is 25.0 Å². The Bertz CT molecular complexity index is 781. The van der Waals surface area contributed by atoms with Gasteiger partial charge in [-0.3, -0.25) is 14.3 Å². The highest BCUT2D eigenvalue weighted by Crippen LogP contribution is 2.21. The zero-order chi connectivity index (χ0) is 18.0. The van der Waals surface area contributed by atoms with Crippen molar-refractivity contribution in [1.29, 1.82) is 0 Å². The molecule has 1 atom stereocenters. The van der Waals surface area contributed by atoms with Crippen LogP contribution in [0.1, 0.15) is 30.4 Å². The van der Waals surface area contributed by atoms with Crippen molar-refractivity contribution in [3.05, 3.63) is 23.3 Å². The maximum Gasteiger partial charge on any atom is 0.229 e. The van der Waals surface area contributed by atoms with Gasteiger partial charge in [-0.05, 0) is 27.2 Å². The van der Waals surface area contributed by atoms with Crippen LogP contribution in [0.3, 0.4) is 0 Å². The van der Waals surface area contributed by atoms with Crippen molar-refractivity contribution in [2.45, 2.75) is 40.2 Å². The predicted molar refractivity (Wildman–Crippen MR) is 88.7 cm³/mol. The lowest BCUT2D eigenvalue weighted by molar-refractivity contribution is -0.129. The third kappa shape index (κ3) is 3.70. The summed E-state index contributed by atoms with van der Waals surface area (Å²) >= 11 is 0. The van der Waals surface area contributed by atoms with Gasteiger partial charge >= 0.3 is 0 Å². The van der Waals surface area contributed by atoms with Crippen LogP contribution in [0.4, 0.5) is 5.69 Å². The van der Waals surface area contributed by atoms with E-state index in [1.807, 2.05) is 20.0 Å². The minimum atomic E-state index is -0.218. The predicted octanol–water partition coefficient (Wildman–Crippen LogP) is 0.933. The number of rotatable bonds is 5. The number of aryl methyl sites for hydroxylation is 3. The van der Waals surface area contributed by atoms with E-state index in [0.29, 0.717) is 30.9 Å². The summed E-state index contributed by atoms with van der Waals surface area (Å²) in [5.41, 5.74) is 2.67. The van der Waals surface area contributed by atoms with E-state index in [0.717, 1.165) is 17.9 Å². The molecule has 1 fully saturated rings. The quantitative estimate of drug-likeness (QED) is 0.863. The standard InChI is InChI=1S/C16H22N6O3/c1-4-22-9-14(10(2)18-22)17-16(24)12-5-6-21(8-12)15(23)7-13-11(3)19-25-20-13/h9,12H,4-8H2,1-3H3,(H,17,24). The van der Waals surface area contributed by atoms with E-state index in [9.17, 15) is 9.59 Å². The number of hydrogen-bond donors (Lipinski definition) is 1. The van der Waals surface area contributed by atoms with Gasteiger partial charge in [-0.25, -0.2) is 4.63 Å². The van der Waals surface area contributed by atoms with Crippen molar-refractivity contribution in [2.75, 3.05) is 18.4 Å². The van der Waals surface area contributed by atoms with Gasteiger partial charge in [-0.15, -0.1) is 0 Å². The van der Waals surface area contributed by atoms with Crippen LogP contribution < -0.4 is 5.32 Å². The van der Waals surface area contributed by atoms with E-state index in [2.05, 4.69) is 25.4 Å². The number of aromatic nitrogens is 4. The molecule has 0 saturated carbocycles. The second-order valence-electron chi connectivity index (χ2n) is 6.27. The van der Waals surface area contributed by atoms with Crippen LogP contribution in [0.2, 0.25) is 0 Å². The minimum Gasteiger partial charge on any atom is -0.342 e. The molecule has 9 heteroatoms. The third-order valence-corrected chi connectivity index (χ3v) is 4.51. The SMILES string of the molecule is CCn1cc(NC(=O)C2CCN(C(=O)Cc3nonc3C)C2)c(C)n1. The lowest BCUT2D eigenvalue weighted by Crippen LogP contribution is -2.32. The molecule has 0 aliphatic carbocycles. The molecule has 1 unspecified atom stereocenters. The summed E-state index contributed by atoms with van der Waals surface area (Å²) in [5, 5.41) is 14.7. The number of nitrogens with zero attached hydrogens (tertiary/aromatic N) is 5. The van der Waals surface area contributed by atoms with Gasteiger partial charge in [-0.2, -0.15) is 5.10 Å². The maximum atomic E-state index is 12.5. The Morgan fingerprint density at radius 1 is 1.32 bits per heavy atom. The van der Waals surface area contributed by atoms with Gasteiger partial charge in [-0.1, -0.05) is 10.3 Å². The van der Waals surface area contributed by atoms with Crippen molar-refractivity contribution in [3.63, 3.8) is 0 Å². The molecular weight excluding hydrogens is 324 g/mol. The highest BCUT2D eigenvalue weighted by molar-refractivity contribution is 5.94. The lowest BCUT2D eigenvalue weighted by atomic mass is 10.1. The first-order valence-corrected chi connectivity index (χ1v) is 8.38. The lowest BCUT2D eigenvalue weighted by Gasteiger charge is -2.15. The summed E-state index contributed by atoms with van der Waals surface area (Å²) in [6.45, 7) is 7.33. The second-order valence-corrected chi connectivity index (χ2v) is 6.27. The third-order valence-electron chi connectivity index (χ3n) is 4.51. The number of nitrogens with one attached hydrogen (secondary N) is 1. The Balaban J connectivity index is 1.56. The van der Waals surface area contributed by atoms with E-state index in [-0.39, 0.29) is 24.2 Å². The van der Waals surface area contributed by atoms with Crippen molar-refractivity contribution in [3.8, 4) is 0 Å². The summed E-state index contributed by atoms with van der Waals surface area (Å²) in [7, 11) is 0. The van der Waals surface area contributed by atoms with E-state index < -0.39 is 0 Å². The number of carbonyl (C=O) groups excluding carboxylic acids is 2. The Kier molecular flexibility index (Phi) is 4.82. The Labute approximate surface area is 145 Å². The van der Waals surface area contributed by atoms with E-state index in [1.54, 1.807) is 16.5 Å². The van der Waals surface area contributed by atoms with Crippen LogP contribution in [0.15, 0.2) is 10.8 Å². The van der Waals surface area contributed by atoms with Crippen molar-refractivity contribution < 1.29 is 14.2 Å². The molecule has 2 amide bonds. The van der Waals surface area contributed by atoms with Crippen LogP contribution >= 0.6 is 0 Å². The first-order chi connectivity index (χ1) is 12.0. The molecule has 3 heterocycles. The van der Waals surface area contributed by atoms with Gasteiger partial charge in [0, 0.05) is 25.8 Å². The summed E-state index contributed by atoms with van der Waals surface area (Å²) in [6, 6.07) is 0. The molecule has 2 aromatic heterocycles. The Hall–Kier alpha value is -2.71. The smallest absolute Gasteiger partial charge is 0.229 e. The van der Waals surface area contributed by atoms with Gasteiger partial charge in [0.1, 0.15) is 11.4 Å². The molecule has 1 saturated heterocycles. The van der Waals surface area contributed by atoms with Crippen LogP contribution in [0.25, 0.3) is 0 Å². The molecule has 9 nitrogen and oxygen atoms in total. The Morgan fingerprint density at radius 3 is 2.76 bits per heavy atom. The monoisotopic (exact) mass is 346 g/mol. The normalized spacial score (nSPS) is 17.1. The first kappa shape index (κ1) is 17.1. The fraction of sp³-hybridized carbons (Fsp3) is 0.562. The van der Waals surface area contributed by atoms with Crippen molar-refractivity contribution >= 4 is 17.5 Å². The summed E-state index contributed by atoms with van der Waals surface area (Å²) < 4.78 is 6.40. The highest BCUT2D eigenvalue weighted by Gasteiger charge is 2.32. The van der Waals surface area contributed by atoms with Crippen LogP contribution in [0, 0.1) is 19.8 Å². The molecule has 25 heavy (non-hydrogen) atoms. The van der Waals surface area contributed by atoms with Gasteiger partial charge in [0.15, 0.2) is 0 Å². The molecule has 3 rings (SSSR count). The molecule has 2 aromatic rings. The topological polar surface area (TPSA) is 106 Å². The molecule has 0 aromatic carbocycles. The van der Waals surface area contributed by atoms with E-state index in [4.69, 9.17) is 0 Å². The number of anilines is 1. The number of amides is 2. The van der Waals surface area contributed by atoms with Crippen LogP contribution in [0.5, 0.6) is 0 Å². The largest absolute Gasteiger partial charge is 0.342 e. The molecule has 1 aliphatic rings. The summed E-state index contributed by atoms with van der Waals surface area (Å²) in [5.74, 6) is -0.359. The summed E-state index contributed by atoms with van der Waals surface area (Å²) in [6.07, 6.45) is 2.62. The zero-order valence-electron chi connectivity index (χ0n) is 14.7. The zero-order valence-corrected chi connectivity index (χ0v) is 14.7. The first-order valence-electron chi connectivity index (χ1n) is 8.38. The number of carbonyl (C=O) groups is 2. The molecule has 0 bridgehead atoms. The summed E-state index contributed by atoms with van der Waals surface area (Å²) in [4.78, 5) is 26.5. The molecule has 0 radical (unpaired) electrons. The van der Waals surface area contributed by atoms with Gasteiger partial charge < -0.3 is 10.2 Å². The van der Waals surface area contributed by atoms with E-state index >= 15 is 0 Å². The number of hydrogen-bond acceptors (Lipinski definition) is 6. The minimum absolute atomic E-state index is 0.0657. The number of likely N-dealkylation sites (tertiary alicyclic amines) is 1. The van der Waals surface area contributed by atoms with E-state index in [1.165, 1.54) is 0 Å². The highest BCUT2D eigenvalue weighted by atomic mass is 16.6. The van der Waals surface area contributed by atoms with Gasteiger partial charge in [0.05, 0.1) is 23.7 Å². The molecule has 0 spiro atoms. The van der Waals surface area contributed by atoms with Gasteiger partial charge in [0.2, 0.25) is 11.8 Å². The average Bonchev–Trinajstić information content (AvgIpc) is 3.29. The maximum absolute atomic E-state index is 12.5. The molecule has 1 N–H and O–H groups in total. The van der Waals surface area contributed by atoms with Crippen molar-refractivity contribution in [2.24, 2.45) is 5.92 Å². The molecule has 134 valence electrons. The fourth-order valence-corrected chi connectivity index (χ4v) is 2.90. The van der Waals surface area contributed by atoms with Crippen LogP contribution in [-0.2, 0) is 22.6 Å². The van der Waals surface area contributed by atoms with Crippen LogP contribution in [-0.4, -0.2) is 49.9 Å². The van der Waals surface area contributed by atoms with Gasteiger partial charge in [0.25, 0.3) is 0 Å².